The quantitative estimate of drug-likeness (QED) is 0.269. The molecule has 0 unspecified atom stereocenters. The van der Waals surface area contributed by atoms with Crippen LogP contribution in [0.4, 0.5) is 0 Å². The zero-order valence-electron chi connectivity index (χ0n) is 18.1. The second-order valence-electron chi connectivity index (χ2n) is 8.54. The maximum atomic E-state index is 4.77. The van der Waals surface area contributed by atoms with Crippen molar-refractivity contribution < 1.29 is 0 Å². The van der Waals surface area contributed by atoms with E-state index < -0.39 is 0 Å². The smallest absolute Gasteiger partial charge is 0.111 e. The Kier molecular flexibility index (Phi) is 4.02. The highest BCUT2D eigenvalue weighted by atomic mass is 32.2. The summed E-state index contributed by atoms with van der Waals surface area (Å²) in [7, 11) is 0. The van der Waals surface area contributed by atoms with Gasteiger partial charge in [0, 0.05) is 9.79 Å². The Hall–Kier alpha value is -3.82. The molecule has 2 nitrogen and oxygen atoms in total. The van der Waals surface area contributed by atoms with Crippen LogP contribution in [0, 0.1) is 6.92 Å². The van der Waals surface area contributed by atoms with Crippen LogP contribution in [0.2, 0.25) is 0 Å². The van der Waals surface area contributed by atoms with Crippen molar-refractivity contribution in [3.63, 3.8) is 0 Å². The fraction of sp³-hybridized carbons (Fsp3) is 0.0333. The van der Waals surface area contributed by atoms with Crippen LogP contribution in [0.15, 0.2) is 113 Å². The van der Waals surface area contributed by atoms with Gasteiger partial charge < -0.3 is 0 Å². The summed E-state index contributed by atoms with van der Waals surface area (Å²) < 4.78 is 2.29. The molecule has 156 valence electrons. The Morgan fingerprint density at radius 1 is 0.606 bits per heavy atom. The van der Waals surface area contributed by atoms with Gasteiger partial charge in [0.2, 0.25) is 0 Å². The molecule has 0 amide bonds. The van der Waals surface area contributed by atoms with Crippen molar-refractivity contribution in [1.82, 2.24) is 9.55 Å². The summed E-state index contributed by atoms with van der Waals surface area (Å²) in [6.07, 6.45) is 0. The number of nitrogens with zero attached hydrogens (tertiary/aromatic N) is 2. The van der Waals surface area contributed by atoms with Gasteiger partial charge >= 0.3 is 0 Å². The standard InChI is InChI=1S/C30H20N2S/c1-19-31-26-7-4-8-28-30(26)32(19)27-16-15-25(18-29(27)33-28)22-11-9-21(10-12-22)24-14-13-20-5-2-3-6-23(20)17-24/h2-18H,1H3. The maximum absolute atomic E-state index is 4.77. The van der Waals surface area contributed by atoms with Crippen LogP contribution in [0.3, 0.4) is 0 Å². The molecule has 1 aromatic heterocycles. The van der Waals surface area contributed by atoms with Crippen LogP contribution in [-0.2, 0) is 0 Å². The monoisotopic (exact) mass is 440 g/mol. The number of aryl methyl sites for hydroxylation is 1. The summed E-state index contributed by atoms with van der Waals surface area (Å²) in [5.74, 6) is 1.03. The van der Waals surface area contributed by atoms with E-state index in [0.717, 1.165) is 11.3 Å². The van der Waals surface area contributed by atoms with Crippen molar-refractivity contribution in [2.75, 3.05) is 0 Å². The van der Waals surface area contributed by atoms with E-state index in [0.29, 0.717) is 0 Å². The summed E-state index contributed by atoms with van der Waals surface area (Å²) >= 11 is 1.84. The molecule has 0 radical (unpaired) electrons. The summed E-state index contributed by atoms with van der Waals surface area (Å²) in [4.78, 5) is 7.31. The van der Waals surface area contributed by atoms with E-state index in [1.165, 1.54) is 54.0 Å². The number of aromatic nitrogens is 2. The van der Waals surface area contributed by atoms with Gasteiger partial charge in [-0.1, -0.05) is 84.6 Å². The number of rotatable bonds is 2. The molecular formula is C30H20N2S. The second kappa shape index (κ2) is 7.09. The Morgan fingerprint density at radius 2 is 1.30 bits per heavy atom. The molecule has 0 spiro atoms. The molecule has 0 saturated carbocycles. The summed E-state index contributed by atoms with van der Waals surface area (Å²) in [6.45, 7) is 2.09. The Balaban J connectivity index is 1.27. The largest absolute Gasteiger partial charge is 0.294 e. The first-order valence-electron chi connectivity index (χ1n) is 11.1. The number of imidazole rings is 1. The van der Waals surface area contributed by atoms with Crippen LogP contribution < -0.4 is 0 Å². The van der Waals surface area contributed by atoms with Crippen LogP contribution in [0.5, 0.6) is 0 Å². The lowest BCUT2D eigenvalue weighted by Gasteiger charge is -2.20. The van der Waals surface area contributed by atoms with Crippen molar-refractivity contribution in [3.05, 3.63) is 109 Å². The van der Waals surface area contributed by atoms with Crippen LogP contribution in [-0.4, -0.2) is 9.55 Å². The number of para-hydroxylation sites is 1. The van der Waals surface area contributed by atoms with E-state index >= 15 is 0 Å². The molecule has 2 heterocycles. The van der Waals surface area contributed by atoms with E-state index in [9.17, 15) is 0 Å². The van der Waals surface area contributed by atoms with Crippen molar-refractivity contribution in [1.29, 1.82) is 0 Å². The maximum Gasteiger partial charge on any atom is 0.111 e. The number of hydrogen-bond acceptors (Lipinski definition) is 2. The third-order valence-corrected chi connectivity index (χ3v) is 7.63. The van der Waals surface area contributed by atoms with Crippen LogP contribution in [0.25, 0.3) is 49.7 Å². The molecule has 0 N–H and O–H groups in total. The summed E-state index contributed by atoms with van der Waals surface area (Å²) in [6, 6.07) is 37.3. The molecule has 0 aliphatic carbocycles. The van der Waals surface area contributed by atoms with E-state index in [2.05, 4.69) is 115 Å². The molecule has 33 heavy (non-hydrogen) atoms. The highest BCUT2D eigenvalue weighted by Crippen LogP contribution is 2.44. The zero-order valence-corrected chi connectivity index (χ0v) is 18.9. The Labute approximate surface area is 196 Å². The van der Waals surface area contributed by atoms with E-state index in [4.69, 9.17) is 4.98 Å². The third-order valence-electron chi connectivity index (χ3n) is 6.53. The lowest BCUT2D eigenvalue weighted by molar-refractivity contribution is 0.963. The molecular weight excluding hydrogens is 420 g/mol. The van der Waals surface area contributed by atoms with Gasteiger partial charge in [0.1, 0.15) is 5.82 Å². The minimum Gasteiger partial charge on any atom is -0.294 e. The first-order valence-corrected chi connectivity index (χ1v) is 12.0. The van der Waals surface area contributed by atoms with Gasteiger partial charge in [-0.3, -0.25) is 4.57 Å². The van der Waals surface area contributed by atoms with Crippen molar-refractivity contribution in [2.45, 2.75) is 16.7 Å². The molecule has 5 aromatic carbocycles. The van der Waals surface area contributed by atoms with Gasteiger partial charge in [-0.2, -0.15) is 0 Å². The lowest BCUT2D eigenvalue weighted by Crippen LogP contribution is -2.03. The third kappa shape index (κ3) is 2.93. The summed E-state index contributed by atoms with van der Waals surface area (Å²) in [5, 5.41) is 2.55. The molecule has 0 atom stereocenters. The molecule has 7 rings (SSSR count). The van der Waals surface area contributed by atoms with Crippen LogP contribution >= 0.6 is 11.8 Å². The van der Waals surface area contributed by atoms with Crippen molar-refractivity contribution >= 4 is 33.6 Å². The normalized spacial score (nSPS) is 12.3. The highest BCUT2D eigenvalue weighted by Gasteiger charge is 2.22. The zero-order chi connectivity index (χ0) is 21.9. The van der Waals surface area contributed by atoms with Gasteiger partial charge in [0.05, 0.1) is 16.7 Å². The average Bonchev–Trinajstić information content (AvgIpc) is 3.21. The fourth-order valence-corrected chi connectivity index (χ4v) is 6.02. The van der Waals surface area contributed by atoms with Gasteiger partial charge in [-0.05, 0) is 70.3 Å². The first kappa shape index (κ1) is 18.7. The summed E-state index contributed by atoms with van der Waals surface area (Å²) in [5.41, 5.74) is 8.46. The molecule has 0 bridgehead atoms. The van der Waals surface area contributed by atoms with Crippen molar-refractivity contribution in [2.24, 2.45) is 0 Å². The van der Waals surface area contributed by atoms with E-state index in [1.807, 2.05) is 11.8 Å². The fourth-order valence-electron chi connectivity index (χ4n) is 4.89. The first-order chi connectivity index (χ1) is 16.2. The highest BCUT2D eigenvalue weighted by molar-refractivity contribution is 7.99. The minimum atomic E-state index is 1.03. The van der Waals surface area contributed by atoms with E-state index in [-0.39, 0.29) is 0 Å². The Morgan fingerprint density at radius 3 is 2.12 bits per heavy atom. The van der Waals surface area contributed by atoms with Gasteiger partial charge in [0.25, 0.3) is 0 Å². The number of fused-ring (bicyclic) bond motifs is 3. The van der Waals surface area contributed by atoms with E-state index in [1.54, 1.807) is 0 Å². The molecule has 6 aromatic rings. The molecule has 0 saturated heterocycles. The molecule has 1 aliphatic rings. The second-order valence-corrected chi connectivity index (χ2v) is 9.63. The minimum absolute atomic E-state index is 1.03. The van der Waals surface area contributed by atoms with Gasteiger partial charge in [-0.25, -0.2) is 4.98 Å². The van der Waals surface area contributed by atoms with Crippen LogP contribution in [0.1, 0.15) is 5.82 Å². The SMILES string of the molecule is Cc1nc2cccc3c2n1-c1ccc(-c2ccc(-c4ccc5ccccc5c4)cc2)cc1S3. The lowest BCUT2D eigenvalue weighted by atomic mass is 9.98. The molecule has 3 heteroatoms. The predicted molar refractivity (Wildman–Crippen MR) is 138 cm³/mol. The average molecular weight is 441 g/mol. The number of benzene rings is 5. The predicted octanol–water partition coefficient (Wildman–Crippen LogP) is 8.29. The number of hydrogen-bond donors (Lipinski definition) is 0. The topological polar surface area (TPSA) is 17.8 Å². The molecule has 1 aliphatic heterocycles. The van der Waals surface area contributed by atoms with Crippen molar-refractivity contribution in [3.8, 4) is 27.9 Å². The Bertz CT molecular complexity index is 1690. The molecule has 0 fully saturated rings. The van der Waals surface area contributed by atoms with Gasteiger partial charge in [-0.15, -0.1) is 0 Å². The van der Waals surface area contributed by atoms with Gasteiger partial charge in [0.15, 0.2) is 0 Å².